The lowest BCUT2D eigenvalue weighted by atomic mass is 9.92. The monoisotopic (exact) mass is 546 g/mol. The highest BCUT2D eigenvalue weighted by molar-refractivity contribution is 7.25. The van der Waals surface area contributed by atoms with Gasteiger partial charge in [-0.15, -0.1) is 0 Å². The van der Waals surface area contributed by atoms with Crippen LogP contribution in [0.2, 0.25) is 0 Å². The van der Waals surface area contributed by atoms with Crippen molar-refractivity contribution in [1.29, 1.82) is 0 Å². The minimum absolute atomic E-state index is 0.0348. The number of carbonyl (C=O) groups excluding carboxylic acids is 3. The van der Waals surface area contributed by atoms with Crippen molar-refractivity contribution in [2.24, 2.45) is 5.92 Å². The van der Waals surface area contributed by atoms with Crippen molar-refractivity contribution >= 4 is 26.5 Å². The molecule has 9 nitrogen and oxygen atoms in total. The topological polar surface area (TPSA) is 128 Å². The lowest BCUT2D eigenvalue weighted by Crippen LogP contribution is -2.40. The van der Waals surface area contributed by atoms with E-state index in [2.05, 4.69) is 5.32 Å². The quantitative estimate of drug-likeness (QED) is 0.148. The molecule has 0 bridgehead atoms. The highest BCUT2D eigenvalue weighted by atomic mass is 31.1. The molecular weight excluding hydrogens is 509 g/mol. The van der Waals surface area contributed by atoms with E-state index in [-0.39, 0.29) is 45.4 Å². The van der Waals surface area contributed by atoms with E-state index in [0.29, 0.717) is 0 Å². The minimum atomic E-state index is -1.96. The highest BCUT2D eigenvalue weighted by Crippen LogP contribution is 2.37. The molecule has 0 aliphatic heterocycles. The molecular formula is C28H37NO8P+. The van der Waals surface area contributed by atoms with E-state index in [1.54, 1.807) is 45.0 Å². The van der Waals surface area contributed by atoms with Crippen LogP contribution in [0.4, 0.5) is 4.79 Å². The zero-order chi connectivity index (χ0) is 28.0. The van der Waals surface area contributed by atoms with Crippen LogP contribution in [0.1, 0.15) is 57.6 Å². The Morgan fingerprint density at radius 1 is 0.921 bits per heavy atom. The Kier molecular flexibility index (Phi) is 12.4. The number of hydrogen-bond acceptors (Lipinski definition) is 8. The number of alkyl carbamates (subject to hydrolysis) is 1. The van der Waals surface area contributed by atoms with Gasteiger partial charge >= 0.3 is 26.5 Å². The van der Waals surface area contributed by atoms with Crippen LogP contribution in [-0.2, 0) is 41.6 Å². The van der Waals surface area contributed by atoms with Gasteiger partial charge in [-0.1, -0.05) is 65.2 Å². The number of carbonyl (C=O) groups is 3. The fraction of sp³-hybridized carbons (Fsp3) is 0.464. The van der Waals surface area contributed by atoms with Crippen LogP contribution in [0.3, 0.4) is 0 Å². The van der Waals surface area contributed by atoms with Crippen LogP contribution >= 0.6 is 8.46 Å². The summed E-state index contributed by atoms with van der Waals surface area (Å²) in [5.41, 5.74) is 0.899. The molecule has 38 heavy (non-hydrogen) atoms. The van der Waals surface area contributed by atoms with E-state index >= 15 is 0 Å². The van der Waals surface area contributed by atoms with Gasteiger partial charge in [0, 0.05) is 19.4 Å². The Bertz CT molecular complexity index is 1040. The third-order valence-corrected chi connectivity index (χ3v) is 6.50. The Morgan fingerprint density at radius 3 is 2.00 bits per heavy atom. The molecule has 2 aromatic carbocycles. The molecule has 2 aromatic rings. The number of ether oxygens (including phenoxy) is 3. The summed E-state index contributed by atoms with van der Waals surface area (Å²) in [6.07, 6.45) is -0.778. The summed E-state index contributed by atoms with van der Waals surface area (Å²) in [7, 11) is -1.27. The molecule has 206 valence electrons. The molecule has 0 aliphatic rings. The van der Waals surface area contributed by atoms with Crippen LogP contribution in [0.15, 0.2) is 60.7 Å². The number of nitrogens with one attached hydrogen (secondary N) is 1. The van der Waals surface area contributed by atoms with Gasteiger partial charge in [-0.25, -0.2) is 4.79 Å². The average molecular weight is 547 g/mol. The van der Waals surface area contributed by atoms with Gasteiger partial charge in [-0.05, 0) is 44.7 Å². The molecule has 0 heterocycles. The van der Waals surface area contributed by atoms with E-state index in [1.807, 2.05) is 36.4 Å². The smallest absolute Gasteiger partial charge is 0.407 e. The second-order valence-electron chi connectivity index (χ2n) is 9.89. The Morgan fingerprint density at radius 2 is 1.47 bits per heavy atom. The van der Waals surface area contributed by atoms with Gasteiger partial charge in [0.25, 0.3) is 5.34 Å². The van der Waals surface area contributed by atoms with Gasteiger partial charge in [-0.3, -0.25) is 9.59 Å². The maximum absolute atomic E-state index is 13.1. The van der Waals surface area contributed by atoms with Crippen LogP contribution in [-0.4, -0.2) is 40.6 Å². The number of esters is 2. The number of hydrogen-bond donors (Lipinski definition) is 2. The normalized spacial score (nSPS) is 13.7. The molecule has 0 spiro atoms. The summed E-state index contributed by atoms with van der Waals surface area (Å²) in [5.74, 6) is -2.57. The van der Waals surface area contributed by atoms with Crippen LogP contribution in [0, 0.1) is 5.92 Å². The first kappa shape index (κ1) is 30.9. The fourth-order valence-corrected chi connectivity index (χ4v) is 4.30. The molecule has 0 radical (unpaired) electrons. The zero-order valence-electron chi connectivity index (χ0n) is 22.1. The standard InChI is InChI=1S/C28H36NO8P/c1-27(2,3)37-26(32)29-18-10-17-28(33,38-34)23(25(31)36-20-22-13-8-5-9-14-22)15-16-24(30)35-19-21-11-6-4-7-12-21/h4-9,11-14,23,33H,10,15-20H2,1-3H3,(H,29,32)/p+1. The van der Waals surface area contributed by atoms with Crippen LogP contribution in [0.25, 0.3) is 0 Å². The summed E-state index contributed by atoms with van der Waals surface area (Å²) in [5, 5.41) is 11.8. The summed E-state index contributed by atoms with van der Waals surface area (Å²) in [4.78, 5) is 37.3. The number of rotatable bonds is 14. The van der Waals surface area contributed by atoms with Crippen molar-refractivity contribution in [1.82, 2.24) is 5.32 Å². The van der Waals surface area contributed by atoms with Crippen molar-refractivity contribution < 1.29 is 38.3 Å². The van der Waals surface area contributed by atoms with E-state index in [1.165, 1.54) is 0 Å². The molecule has 0 saturated carbocycles. The molecule has 2 N–H and O–H groups in total. The van der Waals surface area contributed by atoms with Crippen LogP contribution in [0.5, 0.6) is 0 Å². The van der Waals surface area contributed by atoms with Gasteiger partial charge in [-0.2, -0.15) is 0 Å². The number of aliphatic hydroxyl groups is 1. The third kappa shape index (κ3) is 11.4. The summed E-state index contributed by atoms with van der Waals surface area (Å²) >= 11 is 0. The average Bonchev–Trinajstić information content (AvgIpc) is 2.89. The van der Waals surface area contributed by atoms with Crippen molar-refractivity contribution in [3.63, 3.8) is 0 Å². The number of amides is 1. The first-order valence-corrected chi connectivity index (χ1v) is 13.4. The lowest BCUT2D eigenvalue weighted by molar-refractivity contribution is -0.157. The molecule has 0 fully saturated rings. The zero-order valence-corrected chi connectivity index (χ0v) is 23.1. The van der Waals surface area contributed by atoms with Crippen molar-refractivity contribution in [3.05, 3.63) is 71.8 Å². The minimum Gasteiger partial charge on any atom is -0.461 e. The molecule has 3 atom stereocenters. The predicted molar refractivity (Wildman–Crippen MR) is 143 cm³/mol. The van der Waals surface area contributed by atoms with E-state index in [9.17, 15) is 24.1 Å². The molecule has 2 rings (SSSR count). The molecule has 0 aliphatic carbocycles. The summed E-state index contributed by atoms with van der Waals surface area (Å²) in [6.45, 7) is 5.38. The van der Waals surface area contributed by atoms with E-state index in [0.717, 1.165) is 11.1 Å². The molecule has 1 amide bonds. The number of benzene rings is 2. The first-order valence-electron chi connectivity index (χ1n) is 12.5. The second-order valence-corrected chi connectivity index (χ2v) is 11.0. The molecule has 0 aromatic heterocycles. The van der Waals surface area contributed by atoms with Gasteiger partial charge in [0.05, 0.1) is 0 Å². The molecule has 10 heteroatoms. The van der Waals surface area contributed by atoms with E-state index < -0.39 is 43.4 Å². The maximum Gasteiger partial charge on any atom is 0.407 e. The summed E-state index contributed by atoms with van der Waals surface area (Å²) in [6, 6.07) is 18.2. The highest BCUT2D eigenvalue weighted by Gasteiger charge is 2.49. The third-order valence-electron chi connectivity index (χ3n) is 5.54. The fourth-order valence-electron chi connectivity index (χ4n) is 3.61. The Hall–Kier alpha value is -3.29. The van der Waals surface area contributed by atoms with Gasteiger partial charge < -0.3 is 24.6 Å². The second kappa shape index (κ2) is 15.2. The van der Waals surface area contributed by atoms with Crippen LogP contribution < -0.4 is 5.32 Å². The molecule has 0 saturated heterocycles. The Balaban J connectivity index is 2.01. The van der Waals surface area contributed by atoms with Gasteiger partial charge in [0.2, 0.25) is 0 Å². The molecule has 3 unspecified atom stereocenters. The lowest BCUT2D eigenvalue weighted by Gasteiger charge is -2.24. The SMILES string of the molecule is CC(C)(C)OC(=O)NCCCC(O)([PH+]=O)C(CCC(=O)OCc1ccccc1)C(=O)OCc1ccccc1. The first-order chi connectivity index (χ1) is 18.0. The van der Waals surface area contributed by atoms with Gasteiger partial charge in [0.1, 0.15) is 24.7 Å². The summed E-state index contributed by atoms with van der Waals surface area (Å²) < 4.78 is 28.1. The van der Waals surface area contributed by atoms with Crippen molar-refractivity contribution in [3.8, 4) is 0 Å². The largest absolute Gasteiger partial charge is 0.461 e. The maximum atomic E-state index is 13.1. The van der Waals surface area contributed by atoms with E-state index in [4.69, 9.17) is 14.2 Å². The Labute approximate surface area is 225 Å². The van der Waals surface area contributed by atoms with Crippen molar-refractivity contribution in [2.45, 2.75) is 70.6 Å². The van der Waals surface area contributed by atoms with Gasteiger partial charge in [0.15, 0.2) is 0 Å². The predicted octanol–water partition coefficient (Wildman–Crippen LogP) is 4.89. The van der Waals surface area contributed by atoms with Crippen molar-refractivity contribution in [2.75, 3.05) is 6.54 Å².